The molecule has 0 aliphatic heterocycles. The van der Waals surface area contributed by atoms with Gasteiger partial charge in [0.15, 0.2) is 0 Å². The summed E-state index contributed by atoms with van der Waals surface area (Å²) in [6.07, 6.45) is 5.61. The molecule has 0 atom stereocenters. The van der Waals surface area contributed by atoms with E-state index >= 15 is 0 Å². The Labute approximate surface area is 92.4 Å². The molecule has 0 saturated heterocycles. The van der Waals surface area contributed by atoms with Crippen LogP contribution in [0.5, 0.6) is 0 Å². The van der Waals surface area contributed by atoms with Gasteiger partial charge in [-0.1, -0.05) is 18.6 Å². The van der Waals surface area contributed by atoms with Gasteiger partial charge in [-0.15, -0.1) is 0 Å². The first-order valence-electron chi connectivity index (χ1n) is 5.52. The van der Waals surface area contributed by atoms with Gasteiger partial charge in [-0.2, -0.15) is 0 Å². The number of benzene rings is 1. The molecule has 4 heteroatoms. The molecule has 4 nitrogen and oxygen atoms in total. The first-order valence-corrected chi connectivity index (χ1v) is 5.52. The second-order valence-electron chi connectivity index (χ2n) is 4.33. The van der Waals surface area contributed by atoms with E-state index in [-0.39, 0.29) is 10.6 Å². The largest absolute Gasteiger partial charge is 0.355 e. The molecular formula is C12H12N2O2. The van der Waals surface area contributed by atoms with Crippen molar-refractivity contribution in [1.29, 1.82) is 0 Å². The molecule has 0 spiro atoms. The van der Waals surface area contributed by atoms with E-state index in [0.717, 1.165) is 5.39 Å². The fourth-order valence-corrected chi connectivity index (χ4v) is 2.37. The molecule has 1 N–H and O–H groups in total. The highest BCUT2D eigenvalue weighted by Gasteiger charge is 2.24. The van der Waals surface area contributed by atoms with Gasteiger partial charge in [-0.3, -0.25) is 10.1 Å². The second-order valence-corrected chi connectivity index (χ2v) is 4.33. The number of nitro groups is 1. The summed E-state index contributed by atoms with van der Waals surface area (Å²) in [5.41, 5.74) is 2.07. The summed E-state index contributed by atoms with van der Waals surface area (Å²) in [6, 6.07) is 5.27. The van der Waals surface area contributed by atoms with E-state index < -0.39 is 0 Å². The van der Waals surface area contributed by atoms with Crippen LogP contribution in [0, 0.1) is 10.1 Å². The average Bonchev–Trinajstić information content (AvgIpc) is 2.59. The Hall–Kier alpha value is -1.84. The Balaban J connectivity index is 2.19. The molecule has 0 amide bonds. The number of nitro benzene ring substituents is 1. The standard InChI is InChI=1S/C12H12N2O2/c15-14(16)11-6-2-5-9-10(7-13-12(9)11)8-3-1-4-8/h2,5-8,13H,1,3-4H2. The van der Waals surface area contributed by atoms with E-state index in [1.165, 1.54) is 24.8 Å². The zero-order valence-corrected chi connectivity index (χ0v) is 8.77. The molecule has 0 bridgehead atoms. The van der Waals surface area contributed by atoms with Gasteiger partial charge >= 0.3 is 0 Å². The lowest BCUT2D eigenvalue weighted by Crippen LogP contribution is -2.07. The number of hydrogen-bond acceptors (Lipinski definition) is 2. The van der Waals surface area contributed by atoms with Crippen LogP contribution < -0.4 is 0 Å². The first kappa shape index (κ1) is 9.39. The molecule has 0 unspecified atom stereocenters. The molecular weight excluding hydrogens is 204 g/mol. The third kappa shape index (κ3) is 1.23. The van der Waals surface area contributed by atoms with E-state index in [1.807, 2.05) is 12.3 Å². The SMILES string of the molecule is O=[N+]([O-])c1cccc2c(C3CCC3)c[nH]c12. The second kappa shape index (κ2) is 3.33. The fourth-order valence-electron chi connectivity index (χ4n) is 2.37. The van der Waals surface area contributed by atoms with Crippen LogP contribution in [0.3, 0.4) is 0 Å². The third-order valence-corrected chi connectivity index (χ3v) is 3.47. The number of hydrogen-bond donors (Lipinski definition) is 1. The maximum atomic E-state index is 10.9. The van der Waals surface area contributed by atoms with Gasteiger partial charge in [0, 0.05) is 17.6 Å². The molecule has 1 aromatic carbocycles. The van der Waals surface area contributed by atoms with Crippen molar-refractivity contribution in [2.24, 2.45) is 0 Å². The molecule has 1 fully saturated rings. The minimum Gasteiger partial charge on any atom is -0.355 e. The van der Waals surface area contributed by atoms with Gasteiger partial charge < -0.3 is 4.98 Å². The molecule has 82 valence electrons. The number of nitrogens with zero attached hydrogens (tertiary/aromatic N) is 1. The summed E-state index contributed by atoms with van der Waals surface area (Å²) < 4.78 is 0. The maximum Gasteiger partial charge on any atom is 0.293 e. The number of nitrogens with one attached hydrogen (secondary N) is 1. The molecule has 3 rings (SSSR count). The smallest absolute Gasteiger partial charge is 0.293 e. The highest BCUT2D eigenvalue weighted by atomic mass is 16.6. The molecule has 1 aliphatic carbocycles. The van der Waals surface area contributed by atoms with Gasteiger partial charge in [-0.25, -0.2) is 0 Å². The molecule has 1 saturated carbocycles. The Morgan fingerprint density at radius 3 is 2.81 bits per heavy atom. The fraction of sp³-hybridized carbons (Fsp3) is 0.333. The van der Waals surface area contributed by atoms with Gasteiger partial charge in [-0.05, 0) is 24.3 Å². The molecule has 1 aromatic heterocycles. The third-order valence-electron chi connectivity index (χ3n) is 3.47. The van der Waals surface area contributed by atoms with Crippen molar-refractivity contribution < 1.29 is 4.92 Å². The van der Waals surface area contributed by atoms with Crippen molar-refractivity contribution in [3.63, 3.8) is 0 Å². The van der Waals surface area contributed by atoms with E-state index in [1.54, 1.807) is 12.1 Å². The van der Waals surface area contributed by atoms with Crippen LogP contribution in [0.1, 0.15) is 30.7 Å². The van der Waals surface area contributed by atoms with Crippen LogP contribution in [-0.4, -0.2) is 9.91 Å². The van der Waals surface area contributed by atoms with Crippen LogP contribution in [0.15, 0.2) is 24.4 Å². The van der Waals surface area contributed by atoms with Crippen molar-refractivity contribution in [2.75, 3.05) is 0 Å². The number of fused-ring (bicyclic) bond motifs is 1. The Kier molecular flexibility index (Phi) is 1.96. The number of H-pyrrole nitrogens is 1. The number of para-hydroxylation sites is 1. The van der Waals surface area contributed by atoms with Crippen LogP contribution in [0.25, 0.3) is 10.9 Å². The maximum absolute atomic E-state index is 10.9. The Bertz CT molecular complexity index is 555. The van der Waals surface area contributed by atoms with Crippen LogP contribution in [-0.2, 0) is 0 Å². The summed E-state index contributed by atoms with van der Waals surface area (Å²) in [5, 5.41) is 11.9. The van der Waals surface area contributed by atoms with Crippen molar-refractivity contribution in [1.82, 2.24) is 4.98 Å². The van der Waals surface area contributed by atoms with Gasteiger partial charge in [0.2, 0.25) is 0 Å². The van der Waals surface area contributed by atoms with E-state index in [9.17, 15) is 10.1 Å². The zero-order chi connectivity index (χ0) is 11.1. The quantitative estimate of drug-likeness (QED) is 0.618. The lowest BCUT2D eigenvalue weighted by molar-refractivity contribution is -0.383. The molecule has 0 radical (unpaired) electrons. The van der Waals surface area contributed by atoms with Crippen molar-refractivity contribution in [3.8, 4) is 0 Å². The predicted molar refractivity (Wildman–Crippen MR) is 61.5 cm³/mol. The molecule has 16 heavy (non-hydrogen) atoms. The summed E-state index contributed by atoms with van der Waals surface area (Å²) >= 11 is 0. The highest BCUT2D eigenvalue weighted by Crippen LogP contribution is 2.40. The van der Waals surface area contributed by atoms with Gasteiger partial charge in [0.05, 0.1) is 4.92 Å². The monoisotopic (exact) mass is 216 g/mol. The van der Waals surface area contributed by atoms with E-state index in [2.05, 4.69) is 4.98 Å². The lowest BCUT2D eigenvalue weighted by Gasteiger charge is -2.24. The molecule has 1 aliphatic rings. The summed E-state index contributed by atoms with van der Waals surface area (Å²) in [7, 11) is 0. The zero-order valence-electron chi connectivity index (χ0n) is 8.77. The summed E-state index contributed by atoms with van der Waals surface area (Å²) in [6.45, 7) is 0. The van der Waals surface area contributed by atoms with E-state index in [4.69, 9.17) is 0 Å². The van der Waals surface area contributed by atoms with E-state index in [0.29, 0.717) is 11.4 Å². The minimum atomic E-state index is -0.330. The Morgan fingerprint density at radius 1 is 1.38 bits per heavy atom. The molecule has 1 heterocycles. The van der Waals surface area contributed by atoms with Crippen LogP contribution >= 0.6 is 0 Å². The number of aromatic nitrogens is 1. The summed E-state index contributed by atoms with van der Waals surface area (Å²) in [5.74, 6) is 0.593. The topological polar surface area (TPSA) is 58.9 Å². The normalized spacial score (nSPS) is 16.2. The highest BCUT2D eigenvalue weighted by molar-refractivity contribution is 5.91. The van der Waals surface area contributed by atoms with Crippen molar-refractivity contribution in [3.05, 3.63) is 40.1 Å². The predicted octanol–water partition coefficient (Wildman–Crippen LogP) is 3.34. The number of aromatic amines is 1. The van der Waals surface area contributed by atoms with Gasteiger partial charge in [0.25, 0.3) is 5.69 Å². The van der Waals surface area contributed by atoms with Crippen molar-refractivity contribution >= 4 is 16.6 Å². The van der Waals surface area contributed by atoms with Crippen LogP contribution in [0.4, 0.5) is 5.69 Å². The minimum absolute atomic E-state index is 0.170. The number of rotatable bonds is 2. The Morgan fingerprint density at radius 2 is 2.19 bits per heavy atom. The summed E-state index contributed by atoms with van der Waals surface area (Å²) in [4.78, 5) is 13.6. The first-order chi connectivity index (χ1) is 7.77. The number of non-ortho nitro benzene ring substituents is 1. The van der Waals surface area contributed by atoms with Gasteiger partial charge in [0.1, 0.15) is 5.52 Å². The average molecular weight is 216 g/mol. The van der Waals surface area contributed by atoms with Crippen molar-refractivity contribution in [2.45, 2.75) is 25.2 Å². The lowest BCUT2D eigenvalue weighted by atomic mass is 9.80. The van der Waals surface area contributed by atoms with Crippen LogP contribution in [0.2, 0.25) is 0 Å². The molecule has 2 aromatic rings.